The van der Waals surface area contributed by atoms with Gasteiger partial charge in [0.2, 0.25) is 0 Å². The molecule has 0 unspecified atom stereocenters. The Hall–Kier alpha value is -0.630. The van der Waals surface area contributed by atoms with Gasteiger partial charge >= 0.3 is 0 Å². The zero-order chi connectivity index (χ0) is 16.6. The summed E-state index contributed by atoms with van der Waals surface area (Å²) in [5.74, 6) is 2.97. The van der Waals surface area contributed by atoms with E-state index in [1.165, 1.54) is 24.8 Å². The first-order chi connectivity index (χ1) is 10.7. The molecule has 4 aliphatic rings. The van der Waals surface area contributed by atoms with E-state index in [0.29, 0.717) is 23.5 Å². The van der Waals surface area contributed by atoms with Crippen molar-refractivity contribution in [2.45, 2.75) is 78.2 Å². The molecule has 0 bridgehead atoms. The van der Waals surface area contributed by atoms with E-state index in [2.05, 4.69) is 27.7 Å². The molecule has 0 heterocycles. The number of hydrogen-bond acceptors (Lipinski definition) is 2. The van der Waals surface area contributed by atoms with Crippen LogP contribution in [-0.4, -0.2) is 16.5 Å². The van der Waals surface area contributed by atoms with Gasteiger partial charge in [0.25, 0.3) is 0 Å². The summed E-state index contributed by atoms with van der Waals surface area (Å²) in [6, 6.07) is 0. The van der Waals surface area contributed by atoms with Crippen molar-refractivity contribution in [1.29, 1.82) is 0 Å². The minimum Gasteiger partial charge on any atom is -0.390 e. The standard InChI is InChI=1S/C21H32O2/c1-13-11-15-16(19(2)8-5-14(22)12-18(13)19)6-9-20(3)17(15)7-10-21(20,4)23/h12-13,15-17,23H,5-11H2,1-4H3/t13-,15-,16+,17+,19-,20+,21-/m1/s1. The minimum atomic E-state index is -0.495. The van der Waals surface area contributed by atoms with Gasteiger partial charge in [-0.25, -0.2) is 0 Å². The number of aliphatic hydroxyl groups is 1. The molecule has 23 heavy (non-hydrogen) atoms. The Morgan fingerprint density at radius 2 is 1.78 bits per heavy atom. The first-order valence-electron chi connectivity index (χ1n) is 9.66. The van der Waals surface area contributed by atoms with Gasteiger partial charge in [0.15, 0.2) is 5.78 Å². The summed E-state index contributed by atoms with van der Waals surface area (Å²) in [4.78, 5) is 12.0. The maximum atomic E-state index is 12.0. The fourth-order valence-corrected chi connectivity index (χ4v) is 7.23. The molecule has 0 saturated heterocycles. The van der Waals surface area contributed by atoms with Crippen molar-refractivity contribution in [2.75, 3.05) is 0 Å². The molecule has 3 fully saturated rings. The second-order valence-electron chi connectivity index (χ2n) is 9.77. The topological polar surface area (TPSA) is 37.3 Å². The van der Waals surface area contributed by atoms with Crippen molar-refractivity contribution in [3.05, 3.63) is 11.6 Å². The Bertz CT molecular complexity index is 574. The second kappa shape index (κ2) is 4.71. The van der Waals surface area contributed by atoms with Crippen LogP contribution in [0, 0.1) is 34.5 Å². The molecule has 0 aromatic rings. The van der Waals surface area contributed by atoms with Crippen molar-refractivity contribution in [1.82, 2.24) is 0 Å². The van der Waals surface area contributed by atoms with Gasteiger partial charge in [0, 0.05) is 6.42 Å². The third-order valence-electron chi connectivity index (χ3n) is 8.84. The van der Waals surface area contributed by atoms with Crippen LogP contribution in [0.2, 0.25) is 0 Å². The lowest BCUT2D eigenvalue weighted by atomic mass is 9.45. The van der Waals surface area contributed by atoms with Crippen LogP contribution < -0.4 is 0 Å². The number of carbonyl (C=O) groups is 1. The molecule has 0 radical (unpaired) electrons. The van der Waals surface area contributed by atoms with Crippen LogP contribution in [-0.2, 0) is 4.79 Å². The van der Waals surface area contributed by atoms with Crippen LogP contribution in [0.25, 0.3) is 0 Å². The van der Waals surface area contributed by atoms with Crippen LogP contribution in [0.15, 0.2) is 11.6 Å². The molecular formula is C21H32O2. The number of allylic oxidation sites excluding steroid dienone is 1. The number of ketones is 1. The van der Waals surface area contributed by atoms with Crippen LogP contribution in [0.4, 0.5) is 0 Å². The van der Waals surface area contributed by atoms with Crippen molar-refractivity contribution in [3.63, 3.8) is 0 Å². The minimum absolute atomic E-state index is 0.0932. The highest BCUT2D eigenvalue weighted by Gasteiger charge is 2.63. The van der Waals surface area contributed by atoms with E-state index in [1.807, 2.05) is 6.08 Å². The van der Waals surface area contributed by atoms with Gasteiger partial charge in [-0.05, 0) is 86.0 Å². The van der Waals surface area contributed by atoms with E-state index in [1.54, 1.807) is 0 Å². The normalized spacial score (nSPS) is 55.7. The number of fused-ring (bicyclic) bond motifs is 5. The molecular weight excluding hydrogens is 284 g/mol. The highest BCUT2D eigenvalue weighted by Crippen LogP contribution is 2.68. The Balaban J connectivity index is 1.74. The molecule has 1 N–H and O–H groups in total. The molecule has 3 saturated carbocycles. The molecule has 0 spiro atoms. The molecule has 7 atom stereocenters. The van der Waals surface area contributed by atoms with E-state index in [4.69, 9.17) is 0 Å². The lowest BCUT2D eigenvalue weighted by molar-refractivity contribution is -0.127. The van der Waals surface area contributed by atoms with Gasteiger partial charge in [-0.1, -0.05) is 26.3 Å². The molecule has 0 aromatic heterocycles. The van der Waals surface area contributed by atoms with Crippen molar-refractivity contribution in [2.24, 2.45) is 34.5 Å². The first-order valence-corrected chi connectivity index (χ1v) is 9.66. The van der Waals surface area contributed by atoms with Gasteiger partial charge in [-0.3, -0.25) is 4.79 Å². The first kappa shape index (κ1) is 15.9. The monoisotopic (exact) mass is 316 g/mol. The molecule has 0 amide bonds. The average molecular weight is 316 g/mol. The summed E-state index contributed by atoms with van der Waals surface area (Å²) in [6.45, 7) is 9.20. The fourth-order valence-electron chi connectivity index (χ4n) is 7.23. The van der Waals surface area contributed by atoms with Gasteiger partial charge in [0.05, 0.1) is 5.60 Å². The lowest BCUT2D eigenvalue weighted by Crippen LogP contribution is -2.55. The highest BCUT2D eigenvalue weighted by atomic mass is 16.3. The fraction of sp³-hybridized carbons (Fsp3) is 0.857. The van der Waals surface area contributed by atoms with Gasteiger partial charge < -0.3 is 5.11 Å². The van der Waals surface area contributed by atoms with Crippen LogP contribution in [0.5, 0.6) is 0 Å². The maximum Gasteiger partial charge on any atom is 0.155 e. The third-order valence-corrected chi connectivity index (χ3v) is 8.84. The predicted octanol–water partition coefficient (Wildman–Crippen LogP) is 4.52. The predicted molar refractivity (Wildman–Crippen MR) is 91.9 cm³/mol. The Labute approximate surface area is 140 Å². The van der Waals surface area contributed by atoms with Crippen molar-refractivity contribution < 1.29 is 9.90 Å². The van der Waals surface area contributed by atoms with E-state index < -0.39 is 5.60 Å². The van der Waals surface area contributed by atoms with E-state index >= 15 is 0 Å². The SMILES string of the molecule is C[C@@H]1C[C@@H]2[C@H](CC[C@@]3(C)[C@H]2CC[C@@]3(C)O)[C@@]2(C)CCC(=O)C=C12. The highest BCUT2D eigenvalue weighted by molar-refractivity contribution is 5.91. The smallest absolute Gasteiger partial charge is 0.155 e. The molecule has 0 aromatic carbocycles. The average Bonchev–Trinajstić information content (AvgIpc) is 2.72. The molecule has 2 nitrogen and oxygen atoms in total. The van der Waals surface area contributed by atoms with Gasteiger partial charge in [0.1, 0.15) is 0 Å². The van der Waals surface area contributed by atoms with E-state index in [9.17, 15) is 9.90 Å². The Morgan fingerprint density at radius 1 is 1.09 bits per heavy atom. The van der Waals surface area contributed by atoms with Crippen LogP contribution in [0.3, 0.4) is 0 Å². The summed E-state index contributed by atoms with van der Waals surface area (Å²) in [5.41, 5.74) is 1.27. The van der Waals surface area contributed by atoms with Crippen molar-refractivity contribution in [3.8, 4) is 0 Å². The summed E-state index contributed by atoms with van der Waals surface area (Å²) < 4.78 is 0. The molecule has 0 aliphatic heterocycles. The van der Waals surface area contributed by atoms with Gasteiger partial charge in [-0.15, -0.1) is 0 Å². The lowest BCUT2D eigenvalue weighted by Gasteiger charge is -2.60. The third kappa shape index (κ3) is 1.94. The van der Waals surface area contributed by atoms with Crippen molar-refractivity contribution >= 4 is 5.78 Å². The van der Waals surface area contributed by atoms with Crippen LogP contribution in [0.1, 0.15) is 72.6 Å². The number of rotatable bonds is 0. The summed E-state index contributed by atoms with van der Waals surface area (Å²) >= 11 is 0. The maximum absolute atomic E-state index is 12.0. The molecule has 128 valence electrons. The summed E-state index contributed by atoms with van der Waals surface area (Å²) in [5, 5.41) is 11.0. The van der Waals surface area contributed by atoms with Gasteiger partial charge in [-0.2, -0.15) is 0 Å². The number of hydrogen-bond donors (Lipinski definition) is 1. The molecule has 4 aliphatic carbocycles. The Kier molecular flexibility index (Phi) is 3.25. The van der Waals surface area contributed by atoms with E-state index in [0.717, 1.165) is 31.6 Å². The Morgan fingerprint density at radius 3 is 2.52 bits per heavy atom. The zero-order valence-corrected chi connectivity index (χ0v) is 15.2. The molecule has 4 rings (SSSR count). The second-order valence-corrected chi connectivity index (χ2v) is 9.77. The molecule has 2 heteroatoms. The summed E-state index contributed by atoms with van der Waals surface area (Å²) in [6.07, 6.45) is 9.52. The quantitative estimate of drug-likeness (QED) is 0.713. The van der Waals surface area contributed by atoms with Crippen LogP contribution >= 0.6 is 0 Å². The largest absolute Gasteiger partial charge is 0.390 e. The summed E-state index contributed by atoms with van der Waals surface area (Å²) in [7, 11) is 0. The van der Waals surface area contributed by atoms with E-state index in [-0.39, 0.29) is 10.8 Å². The number of carbonyl (C=O) groups excluding carboxylic acids is 1. The zero-order valence-electron chi connectivity index (χ0n) is 15.2.